The van der Waals surface area contributed by atoms with Gasteiger partial charge in [-0.1, -0.05) is 31.1 Å². The van der Waals surface area contributed by atoms with E-state index in [4.69, 9.17) is 9.26 Å². The van der Waals surface area contributed by atoms with Gasteiger partial charge >= 0.3 is 18.5 Å². The quantitative estimate of drug-likeness (QED) is 0.477. The molecule has 2 atom stereocenters. The highest BCUT2D eigenvalue weighted by molar-refractivity contribution is 5.75. The fourth-order valence-corrected chi connectivity index (χ4v) is 5.15. The SMILES string of the molecule is CC(C)c1noc(C2CC(c3ccc(OC(F)(F)F)cc3)CN(C(=O)N3CCC(NC(=O)OC(C)(C)C)CC3)C2)n1. The molecule has 2 fully saturated rings. The monoisotopic (exact) mass is 581 g/mol. The van der Waals surface area contributed by atoms with Crippen LogP contribution in [0.1, 0.15) is 88.9 Å². The summed E-state index contributed by atoms with van der Waals surface area (Å²) in [5, 5.41) is 6.96. The molecule has 13 heteroatoms. The molecule has 41 heavy (non-hydrogen) atoms. The number of hydrogen-bond donors (Lipinski definition) is 1. The summed E-state index contributed by atoms with van der Waals surface area (Å²) in [6.07, 6.45) is -3.48. The summed E-state index contributed by atoms with van der Waals surface area (Å²) in [6, 6.07) is 5.52. The fourth-order valence-electron chi connectivity index (χ4n) is 5.15. The second-order valence-corrected chi connectivity index (χ2v) is 12.0. The molecule has 1 aromatic heterocycles. The number of rotatable bonds is 5. The lowest BCUT2D eigenvalue weighted by molar-refractivity contribution is -0.274. The number of nitrogens with one attached hydrogen (secondary N) is 1. The zero-order valence-electron chi connectivity index (χ0n) is 24.0. The van der Waals surface area contributed by atoms with Crippen molar-refractivity contribution in [3.63, 3.8) is 0 Å². The van der Waals surface area contributed by atoms with Crippen LogP contribution < -0.4 is 10.1 Å². The molecule has 3 amide bonds. The summed E-state index contributed by atoms with van der Waals surface area (Å²) in [4.78, 5) is 33.9. The summed E-state index contributed by atoms with van der Waals surface area (Å²) in [6.45, 7) is 11.0. The number of hydrogen-bond acceptors (Lipinski definition) is 7. The minimum atomic E-state index is -4.78. The Morgan fingerprint density at radius 3 is 2.22 bits per heavy atom. The fraction of sp³-hybridized carbons (Fsp3) is 0.643. The van der Waals surface area contributed by atoms with E-state index in [1.54, 1.807) is 42.7 Å². The average Bonchev–Trinajstić information content (AvgIpc) is 3.38. The van der Waals surface area contributed by atoms with Gasteiger partial charge in [0.1, 0.15) is 11.4 Å². The lowest BCUT2D eigenvalue weighted by Gasteiger charge is -2.41. The van der Waals surface area contributed by atoms with E-state index in [0.29, 0.717) is 57.2 Å². The number of amides is 3. The number of likely N-dealkylation sites (tertiary alicyclic amines) is 2. The highest BCUT2D eigenvalue weighted by Crippen LogP contribution is 2.37. The van der Waals surface area contributed by atoms with E-state index in [1.165, 1.54) is 12.1 Å². The van der Waals surface area contributed by atoms with Crippen LogP contribution in [0.25, 0.3) is 0 Å². The number of carbonyl (C=O) groups is 2. The third kappa shape index (κ3) is 8.49. The van der Waals surface area contributed by atoms with E-state index in [1.807, 2.05) is 13.8 Å². The van der Waals surface area contributed by atoms with E-state index in [-0.39, 0.29) is 35.6 Å². The Bertz CT molecular complexity index is 1190. The third-order valence-electron chi connectivity index (χ3n) is 7.12. The minimum absolute atomic E-state index is 0.0707. The Labute approximate surface area is 237 Å². The van der Waals surface area contributed by atoms with Gasteiger partial charge in [-0.2, -0.15) is 4.98 Å². The smallest absolute Gasteiger partial charge is 0.444 e. The molecule has 0 saturated carbocycles. The number of halogens is 3. The van der Waals surface area contributed by atoms with Crippen LogP contribution in [0.2, 0.25) is 0 Å². The molecule has 0 aliphatic carbocycles. The second kappa shape index (κ2) is 12.2. The normalized spacial score (nSPS) is 20.7. The number of aromatic nitrogens is 2. The molecule has 2 aliphatic heterocycles. The predicted octanol–water partition coefficient (Wildman–Crippen LogP) is 5.77. The molecule has 2 saturated heterocycles. The Kier molecular flexibility index (Phi) is 9.03. The van der Waals surface area contributed by atoms with Crippen LogP contribution in [0.3, 0.4) is 0 Å². The zero-order chi connectivity index (χ0) is 29.9. The second-order valence-electron chi connectivity index (χ2n) is 12.0. The van der Waals surface area contributed by atoms with E-state index in [9.17, 15) is 22.8 Å². The zero-order valence-corrected chi connectivity index (χ0v) is 24.0. The number of piperidine rings is 2. The average molecular weight is 582 g/mol. The van der Waals surface area contributed by atoms with Gasteiger partial charge in [0.25, 0.3) is 0 Å². The van der Waals surface area contributed by atoms with Crippen LogP contribution in [0, 0.1) is 0 Å². The molecule has 1 N–H and O–H groups in total. The van der Waals surface area contributed by atoms with Crippen molar-refractivity contribution in [2.45, 2.75) is 89.6 Å². The van der Waals surface area contributed by atoms with Crippen molar-refractivity contribution < 1.29 is 36.8 Å². The molecule has 0 spiro atoms. The van der Waals surface area contributed by atoms with E-state index in [0.717, 1.165) is 5.56 Å². The van der Waals surface area contributed by atoms with Gasteiger partial charge in [0.15, 0.2) is 5.82 Å². The van der Waals surface area contributed by atoms with Crippen molar-refractivity contribution in [2.24, 2.45) is 0 Å². The summed E-state index contributed by atoms with van der Waals surface area (Å²) < 4.78 is 52.9. The van der Waals surface area contributed by atoms with Crippen LogP contribution in [-0.2, 0) is 4.74 Å². The van der Waals surface area contributed by atoms with Crippen LogP contribution in [0.5, 0.6) is 5.75 Å². The van der Waals surface area contributed by atoms with Gasteiger partial charge in [0, 0.05) is 44.1 Å². The van der Waals surface area contributed by atoms with E-state index < -0.39 is 18.1 Å². The molecular formula is C28H38F3N5O5. The topological polar surface area (TPSA) is 110 Å². The molecule has 1 aromatic carbocycles. The van der Waals surface area contributed by atoms with Crippen molar-refractivity contribution in [1.82, 2.24) is 25.3 Å². The van der Waals surface area contributed by atoms with Crippen LogP contribution in [-0.4, -0.2) is 76.2 Å². The van der Waals surface area contributed by atoms with Gasteiger partial charge < -0.3 is 29.1 Å². The lowest BCUT2D eigenvalue weighted by Crippen LogP contribution is -2.53. The van der Waals surface area contributed by atoms with Gasteiger partial charge in [0.2, 0.25) is 5.89 Å². The Morgan fingerprint density at radius 1 is 1.02 bits per heavy atom. The standard InChI is InChI=1S/C28H38F3N5O5/c1-17(2)23-33-24(41-34-23)20-14-19(18-6-8-22(9-7-18)39-28(29,30)31)15-36(16-20)26(38)35-12-10-21(11-13-35)32-25(37)40-27(3,4)5/h6-9,17,19-21H,10-16H2,1-5H3,(H,32,37). The van der Waals surface area contributed by atoms with Gasteiger partial charge in [-0.15, -0.1) is 13.2 Å². The predicted molar refractivity (Wildman–Crippen MR) is 143 cm³/mol. The van der Waals surface area contributed by atoms with E-state index in [2.05, 4.69) is 20.2 Å². The first kappa shape index (κ1) is 30.4. The first-order valence-corrected chi connectivity index (χ1v) is 13.9. The largest absolute Gasteiger partial charge is 0.573 e. The van der Waals surface area contributed by atoms with E-state index >= 15 is 0 Å². The van der Waals surface area contributed by atoms with Crippen LogP contribution in [0.15, 0.2) is 28.8 Å². The van der Waals surface area contributed by atoms with Crippen molar-refractivity contribution in [3.8, 4) is 5.75 Å². The molecule has 3 heterocycles. The highest BCUT2D eigenvalue weighted by Gasteiger charge is 2.38. The van der Waals surface area contributed by atoms with Crippen molar-refractivity contribution in [2.75, 3.05) is 26.2 Å². The Balaban J connectivity index is 1.46. The molecule has 2 aromatic rings. The molecule has 10 nitrogen and oxygen atoms in total. The summed E-state index contributed by atoms with van der Waals surface area (Å²) >= 11 is 0. The van der Waals surface area contributed by atoms with Crippen LogP contribution in [0.4, 0.5) is 22.8 Å². The lowest BCUT2D eigenvalue weighted by atomic mass is 9.84. The maximum atomic E-state index is 13.7. The highest BCUT2D eigenvalue weighted by atomic mass is 19.4. The number of carbonyl (C=O) groups excluding carboxylic acids is 2. The summed E-state index contributed by atoms with van der Waals surface area (Å²) in [7, 11) is 0. The number of ether oxygens (including phenoxy) is 2. The molecule has 2 aliphatic rings. The molecular weight excluding hydrogens is 543 g/mol. The number of urea groups is 1. The molecule has 0 bridgehead atoms. The van der Waals surface area contributed by atoms with Gasteiger partial charge in [-0.25, -0.2) is 9.59 Å². The maximum Gasteiger partial charge on any atom is 0.573 e. The van der Waals surface area contributed by atoms with Gasteiger partial charge in [-0.05, 0) is 57.7 Å². The number of alkyl carbamates (subject to hydrolysis) is 1. The number of nitrogens with zero attached hydrogens (tertiary/aromatic N) is 4. The Hall–Kier alpha value is -3.51. The maximum absolute atomic E-state index is 13.7. The molecule has 0 radical (unpaired) electrons. The third-order valence-corrected chi connectivity index (χ3v) is 7.12. The van der Waals surface area contributed by atoms with Crippen molar-refractivity contribution >= 4 is 12.1 Å². The van der Waals surface area contributed by atoms with Gasteiger partial charge in [-0.3, -0.25) is 0 Å². The first-order valence-electron chi connectivity index (χ1n) is 13.9. The summed E-state index contributed by atoms with van der Waals surface area (Å²) in [5.74, 6) is 0.375. The summed E-state index contributed by atoms with van der Waals surface area (Å²) in [5.41, 5.74) is 0.188. The first-order chi connectivity index (χ1) is 19.2. The van der Waals surface area contributed by atoms with Gasteiger partial charge in [0.05, 0.1) is 5.92 Å². The number of benzene rings is 1. The van der Waals surface area contributed by atoms with Crippen molar-refractivity contribution in [1.29, 1.82) is 0 Å². The minimum Gasteiger partial charge on any atom is -0.444 e. The van der Waals surface area contributed by atoms with Crippen LogP contribution >= 0.6 is 0 Å². The van der Waals surface area contributed by atoms with Crippen molar-refractivity contribution in [3.05, 3.63) is 41.5 Å². The Morgan fingerprint density at radius 2 is 1.66 bits per heavy atom. The number of alkyl halides is 3. The molecule has 226 valence electrons. The molecule has 2 unspecified atom stereocenters. The molecule has 4 rings (SSSR count).